The SMILES string of the molecule is Nc1ccc(=O)n(CCN2CC(=O)N3CCCC3C2=O)c1. The predicted octanol–water partition coefficient (Wildman–Crippen LogP) is -0.736. The van der Waals surface area contributed by atoms with E-state index in [-0.39, 0.29) is 30.0 Å². The summed E-state index contributed by atoms with van der Waals surface area (Å²) in [5.74, 6) is -0.0129. The van der Waals surface area contributed by atoms with Crippen LogP contribution in [-0.2, 0) is 16.1 Å². The summed E-state index contributed by atoms with van der Waals surface area (Å²) < 4.78 is 1.47. The molecule has 0 aromatic carbocycles. The van der Waals surface area contributed by atoms with E-state index in [1.54, 1.807) is 22.1 Å². The van der Waals surface area contributed by atoms with Gasteiger partial charge in [0, 0.05) is 37.6 Å². The molecule has 3 heterocycles. The number of hydrogen-bond acceptors (Lipinski definition) is 4. The van der Waals surface area contributed by atoms with E-state index in [9.17, 15) is 14.4 Å². The van der Waals surface area contributed by atoms with Crippen molar-refractivity contribution in [1.82, 2.24) is 14.4 Å². The van der Waals surface area contributed by atoms with E-state index in [1.807, 2.05) is 0 Å². The van der Waals surface area contributed by atoms with Gasteiger partial charge in [-0.05, 0) is 18.9 Å². The molecule has 1 atom stereocenters. The van der Waals surface area contributed by atoms with Gasteiger partial charge < -0.3 is 20.1 Å². The highest BCUT2D eigenvalue weighted by atomic mass is 16.2. The minimum Gasteiger partial charge on any atom is -0.398 e. The average Bonchev–Trinajstić information content (AvgIpc) is 2.95. The summed E-state index contributed by atoms with van der Waals surface area (Å²) >= 11 is 0. The molecule has 0 bridgehead atoms. The van der Waals surface area contributed by atoms with Crippen LogP contribution in [0.5, 0.6) is 0 Å². The van der Waals surface area contributed by atoms with E-state index in [2.05, 4.69) is 0 Å². The molecule has 0 radical (unpaired) electrons. The van der Waals surface area contributed by atoms with Crippen LogP contribution in [-0.4, -0.2) is 51.9 Å². The number of nitrogens with two attached hydrogens (primary N) is 1. The van der Waals surface area contributed by atoms with Crippen molar-refractivity contribution in [2.45, 2.75) is 25.4 Å². The lowest BCUT2D eigenvalue weighted by molar-refractivity contribution is -0.153. The highest BCUT2D eigenvalue weighted by molar-refractivity contribution is 5.95. The number of piperazine rings is 1. The maximum absolute atomic E-state index is 12.3. The van der Waals surface area contributed by atoms with Gasteiger partial charge in [-0.15, -0.1) is 0 Å². The number of pyridine rings is 1. The van der Waals surface area contributed by atoms with Crippen molar-refractivity contribution in [3.63, 3.8) is 0 Å². The van der Waals surface area contributed by atoms with Crippen LogP contribution in [0.25, 0.3) is 0 Å². The normalized spacial score (nSPS) is 21.8. The first-order valence-corrected chi connectivity index (χ1v) is 7.10. The molecule has 1 aromatic rings. The van der Waals surface area contributed by atoms with Crippen molar-refractivity contribution in [2.24, 2.45) is 0 Å². The molecule has 0 saturated carbocycles. The standard InChI is InChI=1S/C14H18N4O3/c15-10-3-4-12(19)16(8-10)6-7-17-9-13(20)18-5-1-2-11(18)14(17)21/h3-4,8,11H,1-2,5-7,9,15H2. The van der Waals surface area contributed by atoms with E-state index in [0.717, 1.165) is 12.8 Å². The molecule has 2 N–H and O–H groups in total. The molecular formula is C14H18N4O3. The molecule has 2 amide bonds. The zero-order valence-electron chi connectivity index (χ0n) is 11.7. The van der Waals surface area contributed by atoms with Crippen molar-refractivity contribution < 1.29 is 9.59 Å². The number of aromatic nitrogens is 1. The van der Waals surface area contributed by atoms with Gasteiger partial charge in [-0.1, -0.05) is 0 Å². The molecule has 3 rings (SSSR count). The summed E-state index contributed by atoms with van der Waals surface area (Å²) in [4.78, 5) is 39.3. The minimum absolute atomic E-state index is 0.00276. The third-order valence-corrected chi connectivity index (χ3v) is 4.11. The number of nitrogens with zero attached hydrogens (tertiary/aromatic N) is 3. The topological polar surface area (TPSA) is 88.6 Å². The summed E-state index contributed by atoms with van der Waals surface area (Å²) in [5.41, 5.74) is 5.99. The van der Waals surface area contributed by atoms with E-state index in [0.29, 0.717) is 25.3 Å². The van der Waals surface area contributed by atoms with Crippen LogP contribution in [0.15, 0.2) is 23.1 Å². The first-order valence-electron chi connectivity index (χ1n) is 7.10. The fourth-order valence-corrected chi connectivity index (χ4v) is 3.01. The molecular weight excluding hydrogens is 272 g/mol. The Labute approximate surface area is 121 Å². The number of rotatable bonds is 3. The van der Waals surface area contributed by atoms with Gasteiger partial charge in [0.25, 0.3) is 5.56 Å². The van der Waals surface area contributed by atoms with Gasteiger partial charge in [-0.25, -0.2) is 0 Å². The summed E-state index contributed by atoms with van der Waals surface area (Å²) in [6, 6.07) is 2.64. The van der Waals surface area contributed by atoms with E-state index < -0.39 is 0 Å². The summed E-state index contributed by atoms with van der Waals surface area (Å²) in [6.07, 6.45) is 3.17. The Balaban J connectivity index is 1.70. The second-order valence-electron chi connectivity index (χ2n) is 5.50. The minimum atomic E-state index is -0.302. The molecule has 7 nitrogen and oxygen atoms in total. The van der Waals surface area contributed by atoms with Gasteiger partial charge in [0.2, 0.25) is 11.8 Å². The number of fused-ring (bicyclic) bond motifs is 1. The summed E-state index contributed by atoms with van der Waals surface area (Å²) in [6.45, 7) is 1.47. The lowest BCUT2D eigenvalue weighted by Gasteiger charge is -2.36. The Hall–Kier alpha value is -2.31. The van der Waals surface area contributed by atoms with Crippen LogP contribution in [0.4, 0.5) is 5.69 Å². The van der Waals surface area contributed by atoms with Crippen molar-refractivity contribution in [1.29, 1.82) is 0 Å². The van der Waals surface area contributed by atoms with Crippen LogP contribution < -0.4 is 11.3 Å². The van der Waals surface area contributed by atoms with Crippen LogP contribution >= 0.6 is 0 Å². The predicted molar refractivity (Wildman–Crippen MR) is 76.4 cm³/mol. The largest absolute Gasteiger partial charge is 0.398 e. The number of carbonyl (C=O) groups is 2. The zero-order chi connectivity index (χ0) is 15.0. The second kappa shape index (κ2) is 5.23. The summed E-state index contributed by atoms with van der Waals surface area (Å²) in [7, 11) is 0. The third kappa shape index (κ3) is 2.51. The molecule has 1 unspecified atom stereocenters. The number of carbonyl (C=O) groups excluding carboxylic acids is 2. The molecule has 2 saturated heterocycles. The van der Waals surface area contributed by atoms with Gasteiger partial charge in [0.05, 0.1) is 6.54 Å². The molecule has 2 fully saturated rings. The molecule has 0 aliphatic carbocycles. The highest BCUT2D eigenvalue weighted by Gasteiger charge is 2.41. The average molecular weight is 290 g/mol. The maximum atomic E-state index is 12.3. The summed E-state index contributed by atoms with van der Waals surface area (Å²) in [5, 5.41) is 0. The monoisotopic (exact) mass is 290 g/mol. The van der Waals surface area contributed by atoms with E-state index in [1.165, 1.54) is 10.6 Å². The molecule has 2 aliphatic heterocycles. The number of hydrogen-bond donors (Lipinski definition) is 1. The molecule has 112 valence electrons. The number of nitrogen functional groups attached to an aromatic ring is 1. The van der Waals surface area contributed by atoms with Gasteiger partial charge in [-0.3, -0.25) is 14.4 Å². The molecule has 21 heavy (non-hydrogen) atoms. The van der Waals surface area contributed by atoms with Crippen molar-refractivity contribution in [3.05, 3.63) is 28.7 Å². The van der Waals surface area contributed by atoms with Gasteiger partial charge >= 0.3 is 0 Å². The number of amides is 2. The Kier molecular flexibility index (Phi) is 3.40. The Morgan fingerprint density at radius 3 is 2.81 bits per heavy atom. The fourth-order valence-electron chi connectivity index (χ4n) is 3.01. The van der Waals surface area contributed by atoms with Gasteiger partial charge in [-0.2, -0.15) is 0 Å². The van der Waals surface area contributed by atoms with E-state index in [4.69, 9.17) is 5.73 Å². The Morgan fingerprint density at radius 2 is 2.00 bits per heavy atom. The van der Waals surface area contributed by atoms with Crippen molar-refractivity contribution in [2.75, 3.05) is 25.4 Å². The maximum Gasteiger partial charge on any atom is 0.250 e. The van der Waals surface area contributed by atoms with Crippen LogP contribution in [0, 0.1) is 0 Å². The fraction of sp³-hybridized carbons (Fsp3) is 0.500. The first-order chi connectivity index (χ1) is 10.1. The molecule has 7 heteroatoms. The molecule has 2 aliphatic rings. The van der Waals surface area contributed by atoms with Crippen LogP contribution in [0.1, 0.15) is 12.8 Å². The first kappa shape index (κ1) is 13.7. The highest BCUT2D eigenvalue weighted by Crippen LogP contribution is 2.23. The second-order valence-corrected chi connectivity index (χ2v) is 5.50. The van der Waals surface area contributed by atoms with Crippen molar-refractivity contribution in [3.8, 4) is 0 Å². The third-order valence-electron chi connectivity index (χ3n) is 4.11. The van der Waals surface area contributed by atoms with Gasteiger partial charge in [0.1, 0.15) is 6.04 Å². The lowest BCUT2D eigenvalue weighted by Crippen LogP contribution is -2.57. The Bertz CT molecular complexity index is 639. The zero-order valence-corrected chi connectivity index (χ0v) is 11.7. The molecule has 0 spiro atoms. The van der Waals surface area contributed by atoms with Crippen LogP contribution in [0.2, 0.25) is 0 Å². The van der Waals surface area contributed by atoms with Crippen LogP contribution in [0.3, 0.4) is 0 Å². The smallest absolute Gasteiger partial charge is 0.250 e. The Morgan fingerprint density at radius 1 is 1.19 bits per heavy atom. The molecule has 1 aromatic heterocycles. The van der Waals surface area contributed by atoms with Gasteiger partial charge in [0.15, 0.2) is 0 Å². The quantitative estimate of drug-likeness (QED) is 0.794. The van der Waals surface area contributed by atoms with E-state index >= 15 is 0 Å². The lowest BCUT2D eigenvalue weighted by atomic mass is 10.1. The number of anilines is 1. The van der Waals surface area contributed by atoms with Crippen molar-refractivity contribution >= 4 is 17.5 Å².